The lowest BCUT2D eigenvalue weighted by Gasteiger charge is -2.04. The lowest BCUT2D eigenvalue weighted by atomic mass is 9.99. The molecular weight excluding hydrogens is 148 g/mol. The first-order valence-electron chi connectivity index (χ1n) is 4.72. The standard InChI is InChI=1S/C6H10.C5H8O/c1-5-6(2,3)4;1-4-5(2,3)6/h1H,2-4H3;1,6H,2-3H3/i2*1D. The molecule has 0 aliphatic heterocycles. The first-order valence-corrected chi connectivity index (χ1v) is 3.72. The first kappa shape index (κ1) is 9.17. The highest BCUT2D eigenvalue weighted by Crippen LogP contribution is 2.08. The maximum atomic E-state index is 8.72. The van der Waals surface area contributed by atoms with Crippen molar-refractivity contribution in [2.24, 2.45) is 5.41 Å². The molecule has 0 unspecified atom stereocenters. The highest BCUT2D eigenvalue weighted by atomic mass is 16.3. The normalized spacial score (nSPS) is 11.5. The molecule has 0 heterocycles. The van der Waals surface area contributed by atoms with Crippen molar-refractivity contribution in [1.29, 1.82) is 0 Å². The summed E-state index contributed by atoms with van der Waals surface area (Å²) >= 11 is 0. The second-order valence-corrected chi connectivity index (χ2v) is 4.06. The fraction of sp³-hybridized carbons (Fsp3) is 0.636. The Bertz CT molecular complexity index is 230. The van der Waals surface area contributed by atoms with Gasteiger partial charge in [-0.15, -0.1) is 18.7 Å². The average Bonchev–Trinajstić information content (AvgIpc) is 1.81. The molecule has 0 aromatic heterocycles. The summed E-state index contributed by atoms with van der Waals surface area (Å²) in [6.45, 7) is 9.01. The van der Waals surface area contributed by atoms with Crippen LogP contribution in [0.4, 0.5) is 0 Å². The van der Waals surface area contributed by atoms with Gasteiger partial charge in [0.1, 0.15) is 8.34 Å². The number of aliphatic hydroxyl groups is 1. The summed E-state index contributed by atoms with van der Waals surface area (Å²) in [6.07, 6.45) is 3.97. The van der Waals surface area contributed by atoms with Gasteiger partial charge in [0, 0.05) is 5.41 Å². The highest BCUT2D eigenvalue weighted by molar-refractivity contribution is 5.00. The van der Waals surface area contributed by atoms with E-state index < -0.39 is 5.60 Å². The van der Waals surface area contributed by atoms with E-state index in [1.165, 1.54) is 13.8 Å². The Labute approximate surface area is 79.0 Å². The van der Waals surface area contributed by atoms with E-state index in [0.717, 1.165) is 0 Å². The van der Waals surface area contributed by atoms with Gasteiger partial charge in [-0.3, -0.25) is 0 Å². The molecule has 0 spiro atoms. The molecule has 0 fully saturated rings. The predicted octanol–water partition coefficient (Wildman–Crippen LogP) is 2.06. The van der Waals surface area contributed by atoms with E-state index in [1.54, 1.807) is 0 Å². The van der Waals surface area contributed by atoms with Crippen molar-refractivity contribution in [3.8, 4) is 24.6 Å². The second kappa shape index (κ2) is 4.86. The van der Waals surface area contributed by atoms with Crippen LogP contribution in [0.5, 0.6) is 0 Å². The van der Waals surface area contributed by atoms with Crippen molar-refractivity contribution in [2.75, 3.05) is 0 Å². The van der Waals surface area contributed by atoms with E-state index in [-0.39, 0.29) is 5.41 Å². The van der Waals surface area contributed by atoms with Crippen LogP contribution in [0.25, 0.3) is 0 Å². The Hall–Kier alpha value is -0.920. The molecule has 0 saturated heterocycles. The molecule has 1 N–H and O–H groups in total. The van der Waals surface area contributed by atoms with Crippen molar-refractivity contribution in [3.63, 3.8) is 0 Å². The maximum Gasteiger partial charge on any atom is 0.124 e. The van der Waals surface area contributed by atoms with Crippen molar-refractivity contribution < 1.29 is 7.85 Å². The third-order valence-corrected chi connectivity index (χ3v) is 0.681. The van der Waals surface area contributed by atoms with Crippen molar-refractivity contribution in [2.45, 2.75) is 40.2 Å². The van der Waals surface area contributed by atoms with Gasteiger partial charge in [0.25, 0.3) is 0 Å². The molecule has 1 nitrogen and oxygen atoms in total. The molecule has 68 valence electrons. The summed E-state index contributed by atoms with van der Waals surface area (Å²) in [5.41, 5.74) is -0.997. The molecule has 0 rings (SSSR count). The minimum atomic E-state index is -0.998. The van der Waals surface area contributed by atoms with Gasteiger partial charge < -0.3 is 5.11 Å². The fourth-order valence-electron chi connectivity index (χ4n) is 0. The molecule has 12 heavy (non-hydrogen) atoms. The van der Waals surface area contributed by atoms with Crippen molar-refractivity contribution in [1.82, 2.24) is 0 Å². The van der Waals surface area contributed by atoms with Gasteiger partial charge in [0.15, 0.2) is 0 Å². The molecule has 0 amide bonds. The van der Waals surface area contributed by atoms with Gasteiger partial charge in [-0.1, -0.05) is 5.92 Å². The summed E-state index contributed by atoms with van der Waals surface area (Å²) < 4.78 is 12.8. The summed E-state index contributed by atoms with van der Waals surface area (Å²) in [4.78, 5) is 0. The van der Waals surface area contributed by atoms with Gasteiger partial charge in [0.2, 0.25) is 0 Å². The summed E-state index contributed by atoms with van der Waals surface area (Å²) in [5.74, 6) is 4.96. The zero-order valence-electron chi connectivity index (χ0n) is 10.4. The molecule has 0 aromatic rings. The summed E-state index contributed by atoms with van der Waals surface area (Å²) in [6, 6.07) is 0. The van der Waals surface area contributed by atoms with Gasteiger partial charge in [0.05, 0.1) is 0 Å². The molecule has 0 saturated carbocycles. The van der Waals surface area contributed by atoms with Crippen LogP contribution in [0.15, 0.2) is 0 Å². The van der Waals surface area contributed by atoms with Gasteiger partial charge in [-0.25, -0.2) is 0 Å². The van der Waals surface area contributed by atoms with E-state index >= 15 is 0 Å². The van der Waals surface area contributed by atoms with E-state index in [0.29, 0.717) is 0 Å². The van der Waals surface area contributed by atoms with Gasteiger partial charge in [-0.05, 0) is 34.6 Å². The van der Waals surface area contributed by atoms with Gasteiger partial charge in [-0.2, -0.15) is 0 Å². The molecule has 0 aliphatic rings. The molecule has 1 heteroatoms. The largest absolute Gasteiger partial charge is 0.378 e. The van der Waals surface area contributed by atoms with Crippen molar-refractivity contribution >= 4 is 0 Å². The smallest absolute Gasteiger partial charge is 0.124 e. The van der Waals surface area contributed by atoms with E-state index in [9.17, 15) is 0 Å². The minimum Gasteiger partial charge on any atom is -0.378 e. The Morgan fingerprint density at radius 1 is 1.08 bits per heavy atom. The van der Waals surface area contributed by atoms with Crippen LogP contribution in [0.2, 0.25) is 0 Å². The maximum absolute atomic E-state index is 8.72. The van der Waals surface area contributed by atoms with E-state index in [1.807, 2.05) is 27.2 Å². The number of hydrogen-bond donors (Lipinski definition) is 1. The van der Waals surface area contributed by atoms with Crippen LogP contribution in [0, 0.1) is 30.1 Å². The van der Waals surface area contributed by atoms with Crippen LogP contribution in [-0.4, -0.2) is 10.7 Å². The Balaban J connectivity index is 0. The Morgan fingerprint density at radius 2 is 1.50 bits per heavy atom. The minimum absolute atomic E-state index is 0.00174. The number of rotatable bonds is 0. The lowest BCUT2D eigenvalue weighted by molar-refractivity contribution is 0.144. The fourth-order valence-corrected chi connectivity index (χ4v) is 0. The van der Waals surface area contributed by atoms with Gasteiger partial charge >= 0.3 is 0 Å². The summed E-state index contributed by atoms with van der Waals surface area (Å²) in [7, 11) is 0. The summed E-state index contributed by atoms with van der Waals surface area (Å²) in [5, 5.41) is 8.72. The molecule has 0 aliphatic carbocycles. The molecule has 0 aromatic carbocycles. The van der Waals surface area contributed by atoms with E-state index in [4.69, 9.17) is 7.85 Å². The third-order valence-electron chi connectivity index (χ3n) is 0.681. The van der Waals surface area contributed by atoms with E-state index in [2.05, 4.69) is 18.2 Å². The van der Waals surface area contributed by atoms with Crippen LogP contribution in [0.1, 0.15) is 37.4 Å². The lowest BCUT2D eigenvalue weighted by Crippen LogP contribution is -2.13. The van der Waals surface area contributed by atoms with Crippen LogP contribution in [0.3, 0.4) is 0 Å². The van der Waals surface area contributed by atoms with Crippen LogP contribution < -0.4 is 0 Å². The average molecular weight is 168 g/mol. The Morgan fingerprint density at radius 3 is 1.50 bits per heavy atom. The number of hydrogen-bond acceptors (Lipinski definition) is 1. The second-order valence-electron chi connectivity index (χ2n) is 4.06. The topological polar surface area (TPSA) is 20.2 Å². The van der Waals surface area contributed by atoms with Crippen LogP contribution in [-0.2, 0) is 0 Å². The zero-order valence-corrected chi connectivity index (χ0v) is 8.45. The molecule has 0 bridgehead atoms. The zero-order chi connectivity index (χ0) is 11.8. The highest BCUT2D eigenvalue weighted by Gasteiger charge is 2.03. The van der Waals surface area contributed by atoms with Crippen LogP contribution >= 0.6 is 0 Å². The molecule has 0 atom stereocenters. The Kier molecular flexibility index (Phi) is 3.71. The third kappa shape index (κ3) is 23.0. The number of terminal acetylenes is 2. The predicted molar refractivity (Wildman–Crippen MR) is 53.4 cm³/mol. The quantitative estimate of drug-likeness (QED) is 0.549. The first-order chi connectivity index (χ1) is 6.12. The van der Waals surface area contributed by atoms with Crippen molar-refractivity contribution in [3.05, 3.63) is 0 Å². The SMILES string of the molecule is [2H]C#CC(C)(C)C.[2H]C#CC(C)(C)O. The molecular formula is C11H18O. The molecule has 0 radical (unpaired) electrons. The monoisotopic (exact) mass is 168 g/mol.